The van der Waals surface area contributed by atoms with Crippen LogP contribution in [0.3, 0.4) is 0 Å². The quantitative estimate of drug-likeness (QED) is 0.859. The van der Waals surface area contributed by atoms with Crippen molar-refractivity contribution in [2.75, 3.05) is 13.1 Å². The van der Waals surface area contributed by atoms with E-state index in [4.69, 9.17) is 4.74 Å². The van der Waals surface area contributed by atoms with Crippen LogP contribution in [0.1, 0.15) is 32.3 Å². The highest BCUT2D eigenvalue weighted by atomic mass is 16.5. The fraction of sp³-hybridized carbons (Fsp3) is 0.467. The first kappa shape index (κ1) is 12.2. The molecule has 1 aromatic rings. The van der Waals surface area contributed by atoms with Gasteiger partial charge >= 0.3 is 0 Å². The standard InChI is InChI=1S/C15H21NO/c1-3-12(2)17-15-6-4-13(5-7-15)14-8-10-16-11-9-14/h4-8,12,16H,3,9-11H2,1-2H3. The number of rotatable bonds is 4. The third-order valence-corrected chi connectivity index (χ3v) is 3.20. The fourth-order valence-corrected chi connectivity index (χ4v) is 1.95. The predicted octanol–water partition coefficient (Wildman–Crippen LogP) is 3.24. The molecule has 0 aliphatic carbocycles. The molecule has 2 nitrogen and oxygen atoms in total. The maximum Gasteiger partial charge on any atom is 0.119 e. The van der Waals surface area contributed by atoms with Gasteiger partial charge in [0.25, 0.3) is 0 Å². The molecule has 2 rings (SSSR count). The summed E-state index contributed by atoms with van der Waals surface area (Å²) in [5, 5.41) is 3.33. The topological polar surface area (TPSA) is 21.3 Å². The van der Waals surface area contributed by atoms with Crippen LogP contribution in [0.4, 0.5) is 0 Å². The lowest BCUT2D eigenvalue weighted by molar-refractivity contribution is 0.217. The zero-order chi connectivity index (χ0) is 12.1. The highest BCUT2D eigenvalue weighted by Crippen LogP contribution is 2.23. The van der Waals surface area contributed by atoms with Crippen molar-refractivity contribution in [3.05, 3.63) is 35.9 Å². The van der Waals surface area contributed by atoms with E-state index in [1.807, 2.05) is 0 Å². The second-order valence-electron chi connectivity index (χ2n) is 4.54. The summed E-state index contributed by atoms with van der Waals surface area (Å²) in [5.74, 6) is 0.970. The summed E-state index contributed by atoms with van der Waals surface area (Å²) in [6, 6.07) is 8.47. The van der Waals surface area contributed by atoms with Crippen molar-refractivity contribution < 1.29 is 4.74 Å². The van der Waals surface area contributed by atoms with Gasteiger partial charge in [0.05, 0.1) is 6.10 Å². The van der Waals surface area contributed by atoms with E-state index in [9.17, 15) is 0 Å². The molecule has 0 saturated heterocycles. The summed E-state index contributed by atoms with van der Waals surface area (Å²) < 4.78 is 5.77. The van der Waals surface area contributed by atoms with E-state index in [2.05, 4.69) is 49.5 Å². The number of hydrogen-bond acceptors (Lipinski definition) is 2. The fourth-order valence-electron chi connectivity index (χ4n) is 1.95. The monoisotopic (exact) mass is 231 g/mol. The van der Waals surface area contributed by atoms with E-state index < -0.39 is 0 Å². The van der Waals surface area contributed by atoms with Crippen LogP contribution in [0.15, 0.2) is 30.3 Å². The Hall–Kier alpha value is -1.28. The van der Waals surface area contributed by atoms with Crippen LogP contribution in [0.25, 0.3) is 5.57 Å². The van der Waals surface area contributed by atoms with Gasteiger partial charge in [0.2, 0.25) is 0 Å². The number of benzene rings is 1. The van der Waals surface area contributed by atoms with Crippen molar-refractivity contribution in [3.8, 4) is 5.75 Å². The second-order valence-corrected chi connectivity index (χ2v) is 4.54. The third kappa shape index (κ3) is 3.34. The second kappa shape index (κ2) is 5.87. The van der Waals surface area contributed by atoms with Crippen LogP contribution < -0.4 is 10.1 Å². The molecule has 0 bridgehead atoms. The summed E-state index contributed by atoms with van der Waals surface area (Å²) in [7, 11) is 0. The summed E-state index contributed by atoms with van der Waals surface area (Å²) in [6.45, 7) is 6.31. The molecule has 1 atom stereocenters. The molecule has 1 aliphatic heterocycles. The molecule has 0 radical (unpaired) electrons. The van der Waals surface area contributed by atoms with E-state index in [0.717, 1.165) is 31.7 Å². The molecular formula is C15H21NO. The molecule has 1 heterocycles. The molecule has 17 heavy (non-hydrogen) atoms. The summed E-state index contributed by atoms with van der Waals surface area (Å²) in [6.07, 6.45) is 4.72. The molecule has 0 saturated carbocycles. The van der Waals surface area contributed by atoms with Crippen molar-refractivity contribution in [2.45, 2.75) is 32.8 Å². The Labute approximate surface area is 104 Å². The predicted molar refractivity (Wildman–Crippen MR) is 72.3 cm³/mol. The van der Waals surface area contributed by atoms with Gasteiger partial charge < -0.3 is 10.1 Å². The van der Waals surface area contributed by atoms with Crippen molar-refractivity contribution in [1.29, 1.82) is 0 Å². The van der Waals surface area contributed by atoms with Crippen LogP contribution in [0, 0.1) is 0 Å². The third-order valence-electron chi connectivity index (χ3n) is 3.20. The maximum absolute atomic E-state index is 5.77. The van der Waals surface area contributed by atoms with Crippen LogP contribution in [0.2, 0.25) is 0 Å². The highest BCUT2D eigenvalue weighted by Gasteiger charge is 2.06. The normalized spacial score (nSPS) is 17.4. The largest absolute Gasteiger partial charge is 0.491 e. The lowest BCUT2D eigenvalue weighted by Crippen LogP contribution is -2.20. The van der Waals surface area contributed by atoms with Crippen molar-refractivity contribution in [1.82, 2.24) is 5.32 Å². The van der Waals surface area contributed by atoms with E-state index in [1.165, 1.54) is 11.1 Å². The van der Waals surface area contributed by atoms with E-state index in [1.54, 1.807) is 0 Å². The van der Waals surface area contributed by atoms with Gasteiger partial charge in [-0.2, -0.15) is 0 Å². The first-order valence-electron chi connectivity index (χ1n) is 6.46. The average molecular weight is 231 g/mol. The zero-order valence-corrected chi connectivity index (χ0v) is 10.7. The molecule has 0 fully saturated rings. The van der Waals surface area contributed by atoms with Gasteiger partial charge in [-0.05, 0) is 49.6 Å². The first-order valence-corrected chi connectivity index (χ1v) is 6.46. The Kier molecular flexibility index (Phi) is 4.21. The van der Waals surface area contributed by atoms with Crippen molar-refractivity contribution in [2.24, 2.45) is 0 Å². The van der Waals surface area contributed by atoms with Crippen molar-refractivity contribution in [3.63, 3.8) is 0 Å². The Morgan fingerprint density at radius 1 is 1.29 bits per heavy atom. The van der Waals surface area contributed by atoms with Crippen LogP contribution >= 0.6 is 0 Å². The molecule has 1 aliphatic rings. The number of hydrogen-bond donors (Lipinski definition) is 1. The van der Waals surface area contributed by atoms with Gasteiger partial charge in [0.15, 0.2) is 0 Å². The van der Waals surface area contributed by atoms with Crippen LogP contribution in [0.5, 0.6) is 5.75 Å². The molecular weight excluding hydrogens is 210 g/mol. The molecule has 1 N–H and O–H groups in total. The Morgan fingerprint density at radius 3 is 2.65 bits per heavy atom. The van der Waals surface area contributed by atoms with Crippen LogP contribution in [-0.2, 0) is 0 Å². The molecule has 1 unspecified atom stereocenters. The average Bonchev–Trinajstić information content (AvgIpc) is 2.40. The Balaban J connectivity index is 2.04. The molecule has 92 valence electrons. The van der Waals surface area contributed by atoms with E-state index in [0.29, 0.717) is 6.10 Å². The lowest BCUT2D eigenvalue weighted by Gasteiger charge is -2.16. The summed E-state index contributed by atoms with van der Waals surface area (Å²) in [4.78, 5) is 0. The maximum atomic E-state index is 5.77. The minimum absolute atomic E-state index is 0.291. The first-order chi connectivity index (χ1) is 8.29. The lowest BCUT2D eigenvalue weighted by atomic mass is 10.0. The highest BCUT2D eigenvalue weighted by molar-refractivity contribution is 5.67. The minimum atomic E-state index is 0.291. The summed E-state index contributed by atoms with van der Waals surface area (Å²) in [5.41, 5.74) is 2.77. The molecule has 0 amide bonds. The van der Waals surface area contributed by atoms with Gasteiger partial charge in [0, 0.05) is 6.54 Å². The smallest absolute Gasteiger partial charge is 0.119 e. The molecule has 0 aromatic heterocycles. The zero-order valence-electron chi connectivity index (χ0n) is 10.7. The SMILES string of the molecule is CCC(C)Oc1ccc(C2=CCNCC2)cc1. The van der Waals surface area contributed by atoms with Gasteiger partial charge in [-0.25, -0.2) is 0 Å². The summed E-state index contributed by atoms with van der Waals surface area (Å²) >= 11 is 0. The number of ether oxygens (including phenoxy) is 1. The Morgan fingerprint density at radius 2 is 2.06 bits per heavy atom. The van der Waals surface area contributed by atoms with E-state index >= 15 is 0 Å². The van der Waals surface area contributed by atoms with Crippen LogP contribution in [-0.4, -0.2) is 19.2 Å². The Bertz CT molecular complexity index is 380. The van der Waals surface area contributed by atoms with Gasteiger partial charge in [-0.3, -0.25) is 0 Å². The molecule has 1 aromatic carbocycles. The van der Waals surface area contributed by atoms with E-state index in [-0.39, 0.29) is 0 Å². The van der Waals surface area contributed by atoms with Crippen molar-refractivity contribution >= 4 is 5.57 Å². The van der Waals surface area contributed by atoms with Gasteiger partial charge in [-0.15, -0.1) is 0 Å². The number of nitrogens with one attached hydrogen (secondary N) is 1. The molecule has 2 heteroatoms. The van der Waals surface area contributed by atoms with Gasteiger partial charge in [0.1, 0.15) is 5.75 Å². The molecule has 0 spiro atoms. The minimum Gasteiger partial charge on any atom is -0.491 e. The van der Waals surface area contributed by atoms with Gasteiger partial charge in [-0.1, -0.05) is 25.1 Å².